The average molecular weight is 282 g/mol. The van der Waals surface area contributed by atoms with E-state index in [9.17, 15) is 5.11 Å². The molecule has 2 saturated carbocycles. The van der Waals surface area contributed by atoms with Gasteiger partial charge in [-0.25, -0.2) is 0 Å². The number of hydrogen-bond donors (Lipinski definition) is 2. The summed E-state index contributed by atoms with van der Waals surface area (Å²) in [6, 6.07) is 0.720. The third kappa shape index (κ3) is 4.44. The Balaban J connectivity index is 1.79. The van der Waals surface area contributed by atoms with Gasteiger partial charge in [-0.1, -0.05) is 20.3 Å². The van der Waals surface area contributed by atoms with Crippen LogP contribution in [0.1, 0.15) is 52.4 Å². The molecule has 3 heteroatoms. The van der Waals surface area contributed by atoms with Crippen molar-refractivity contribution in [2.45, 2.75) is 64.5 Å². The summed E-state index contributed by atoms with van der Waals surface area (Å²) >= 11 is 0. The molecule has 3 atom stereocenters. The van der Waals surface area contributed by atoms with Gasteiger partial charge in [0.05, 0.1) is 6.10 Å². The lowest BCUT2D eigenvalue weighted by Crippen LogP contribution is -2.46. The molecule has 20 heavy (non-hydrogen) atoms. The predicted molar refractivity (Wildman–Crippen MR) is 84.8 cm³/mol. The van der Waals surface area contributed by atoms with E-state index in [4.69, 9.17) is 0 Å². The fourth-order valence-corrected chi connectivity index (χ4v) is 4.23. The van der Waals surface area contributed by atoms with E-state index < -0.39 is 0 Å². The molecule has 0 amide bonds. The lowest BCUT2D eigenvalue weighted by Gasteiger charge is -2.40. The van der Waals surface area contributed by atoms with E-state index in [1.165, 1.54) is 38.8 Å². The average Bonchev–Trinajstić information content (AvgIpc) is 2.39. The molecule has 0 aromatic carbocycles. The van der Waals surface area contributed by atoms with E-state index >= 15 is 0 Å². The fourth-order valence-electron chi connectivity index (χ4n) is 4.23. The summed E-state index contributed by atoms with van der Waals surface area (Å²) in [6.07, 6.45) is 7.52. The van der Waals surface area contributed by atoms with Gasteiger partial charge in [-0.2, -0.15) is 0 Å². The van der Waals surface area contributed by atoms with Crippen LogP contribution in [-0.4, -0.2) is 48.8 Å². The van der Waals surface area contributed by atoms with Crippen molar-refractivity contribution < 1.29 is 5.11 Å². The SMILES string of the molecule is CCNC1CCC(CC)CC1CN(C)CC1CC(O)C1. The number of aliphatic hydroxyl groups is 1. The predicted octanol–water partition coefficient (Wildman–Crippen LogP) is 2.49. The normalized spacial score (nSPS) is 38.0. The first-order valence-corrected chi connectivity index (χ1v) is 8.72. The standard InChI is InChI=1S/C17H34N2O/c1-4-13-6-7-17(18-5-2)15(8-13)12-19(3)11-14-9-16(20)10-14/h13-18,20H,4-12H2,1-3H3. The Morgan fingerprint density at radius 2 is 1.80 bits per heavy atom. The maximum absolute atomic E-state index is 9.40. The molecule has 2 N–H and O–H groups in total. The number of hydrogen-bond acceptors (Lipinski definition) is 3. The molecule has 0 bridgehead atoms. The van der Waals surface area contributed by atoms with Crippen molar-refractivity contribution in [3.8, 4) is 0 Å². The Morgan fingerprint density at radius 3 is 2.40 bits per heavy atom. The molecule has 2 aliphatic rings. The second kappa shape index (κ2) is 7.77. The van der Waals surface area contributed by atoms with Crippen LogP contribution in [0.2, 0.25) is 0 Å². The van der Waals surface area contributed by atoms with Gasteiger partial charge >= 0.3 is 0 Å². The first-order chi connectivity index (χ1) is 9.62. The highest BCUT2D eigenvalue weighted by molar-refractivity contribution is 4.87. The van der Waals surface area contributed by atoms with Crippen molar-refractivity contribution in [1.82, 2.24) is 10.2 Å². The maximum Gasteiger partial charge on any atom is 0.0546 e. The summed E-state index contributed by atoms with van der Waals surface area (Å²) in [6.45, 7) is 8.05. The van der Waals surface area contributed by atoms with E-state index in [2.05, 4.69) is 31.1 Å². The molecular weight excluding hydrogens is 248 g/mol. The number of nitrogens with one attached hydrogen (secondary N) is 1. The van der Waals surface area contributed by atoms with Gasteiger partial charge in [0, 0.05) is 19.1 Å². The monoisotopic (exact) mass is 282 g/mol. The van der Waals surface area contributed by atoms with Crippen molar-refractivity contribution in [3.63, 3.8) is 0 Å². The highest BCUT2D eigenvalue weighted by atomic mass is 16.3. The van der Waals surface area contributed by atoms with E-state index in [1.807, 2.05) is 0 Å². The summed E-state index contributed by atoms with van der Waals surface area (Å²) in [5.74, 6) is 2.48. The molecule has 0 radical (unpaired) electrons. The van der Waals surface area contributed by atoms with Gasteiger partial charge in [0.1, 0.15) is 0 Å². The first-order valence-electron chi connectivity index (χ1n) is 8.72. The van der Waals surface area contributed by atoms with Gasteiger partial charge in [-0.05, 0) is 63.5 Å². The number of nitrogens with zero attached hydrogens (tertiary/aromatic N) is 1. The lowest BCUT2D eigenvalue weighted by atomic mass is 9.76. The van der Waals surface area contributed by atoms with Crippen LogP contribution in [0, 0.1) is 17.8 Å². The van der Waals surface area contributed by atoms with Gasteiger partial charge in [-0.3, -0.25) is 0 Å². The maximum atomic E-state index is 9.40. The van der Waals surface area contributed by atoms with E-state index in [0.717, 1.165) is 43.2 Å². The van der Waals surface area contributed by atoms with Crippen LogP contribution in [0.25, 0.3) is 0 Å². The molecule has 2 fully saturated rings. The smallest absolute Gasteiger partial charge is 0.0546 e. The summed E-state index contributed by atoms with van der Waals surface area (Å²) in [4.78, 5) is 2.52. The molecular formula is C17H34N2O. The molecule has 0 heterocycles. The lowest BCUT2D eigenvalue weighted by molar-refractivity contribution is 0.0234. The molecule has 0 saturated heterocycles. The molecule has 0 aromatic rings. The molecule has 3 nitrogen and oxygen atoms in total. The zero-order chi connectivity index (χ0) is 14.5. The Kier molecular flexibility index (Phi) is 6.31. The van der Waals surface area contributed by atoms with Gasteiger partial charge in [0.25, 0.3) is 0 Å². The van der Waals surface area contributed by atoms with E-state index in [0.29, 0.717) is 0 Å². The van der Waals surface area contributed by atoms with Crippen LogP contribution in [0.15, 0.2) is 0 Å². The number of rotatable bonds is 7. The van der Waals surface area contributed by atoms with E-state index in [-0.39, 0.29) is 6.10 Å². The van der Waals surface area contributed by atoms with Crippen molar-refractivity contribution in [2.75, 3.05) is 26.7 Å². The fraction of sp³-hybridized carbons (Fsp3) is 1.00. The Morgan fingerprint density at radius 1 is 1.05 bits per heavy atom. The molecule has 0 aromatic heterocycles. The summed E-state index contributed by atoms with van der Waals surface area (Å²) in [5.41, 5.74) is 0. The minimum atomic E-state index is -0.0120. The van der Waals surface area contributed by atoms with Gasteiger partial charge < -0.3 is 15.3 Å². The van der Waals surface area contributed by atoms with Crippen molar-refractivity contribution >= 4 is 0 Å². The van der Waals surface area contributed by atoms with Gasteiger partial charge in [0.15, 0.2) is 0 Å². The molecule has 0 spiro atoms. The van der Waals surface area contributed by atoms with Gasteiger partial charge in [-0.15, -0.1) is 0 Å². The van der Waals surface area contributed by atoms with Crippen LogP contribution in [0.5, 0.6) is 0 Å². The van der Waals surface area contributed by atoms with Crippen LogP contribution in [0.3, 0.4) is 0 Å². The van der Waals surface area contributed by atoms with E-state index in [1.54, 1.807) is 0 Å². The zero-order valence-corrected chi connectivity index (χ0v) is 13.6. The van der Waals surface area contributed by atoms with Crippen LogP contribution in [-0.2, 0) is 0 Å². The van der Waals surface area contributed by atoms with Crippen LogP contribution in [0.4, 0.5) is 0 Å². The molecule has 0 aliphatic heterocycles. The first kappa shape index (κ1) is 16.3. The second-order valence-electron chi connectivity index (χ2n) is 7.22. The molecule has 2 aliphatic carbocycles. The minimum absolute atomic E-state index is 0.0120. The third-order valence-corrected chi connectivity index (χ3v) is 5.46. The Hall–Kier alpha value is -0.120. The third-order valence-electron chi connectivity index (χ3n) is 5.46. The molecule has 118 valence electrons. The van der Waals surface area contributed by atoms with Gasteiger partial charge in [0.2, 0.25) is 0 Å². The highest BCUT2D eigenvalue weighted by Crippen LogP contribution is 2.33. The minimum Gasteiger partial charge on any atom is -0.393 e. The van der Waals surface area contributed by atoms with Crippen LogP contribution >= 0.6 is 0 Å². The quantitative estimate of drug-likeness (QED) is 0.753. The highest BCUT2D eigenvalue weighted by Gasteiger charge is 2.32. The zero-order valence-electron chi connectivity index (χ0n) is 13.6. The topological polar surface area (TPSA) is 35.5 Å². The molecule has 3 unspecified atom stereocenters. The number of aliphatic hydroxyl groups excluding tert-OH is 1. The summed E-state index contributed by atoms with van der Waals surface area (Å²) < 4.78 is 0. The van der Waals surface area contributed by atoms with Crippen LogP contribution < -0.4 is 5.32 Å². The summed E-state index contributed by atoms with van der Waals surface area (Å²) in [5, 5.41) is 13.1. The Labute approximate surface area is 125 Å². The van der Waals surface area contributed by atoms with Crippen molar-refractivity contribution in [3.05, 3.63) is 0 Å². The largest absolute Gasteiger partial charge is 0.393 e. The Bertz CT molecular complexity index is 278. The van der Waals surface area contributed by atoms with Crippen molar-refractivity contribution in [2.24, 2.45) is 17.8 Å². The summed E-state index contributed by atoms with van der Waals surface area (Å²) in [7, 11) is 2.27. The van der Waals surface area contributed by atoms with Crippen molar-refractivity contribution in [1.29, 1.82) is 0 Å². The molecule has 2 rings (SSSR count). The second-order valence-corrected chi connectivity index (χ2v) is 7.22.